The molecule has 0 N–H and O–H groups in total. The van der Waals surface area contributed by atoms with Crippen molar-refractivity contribution < 1.29 is 14.0 Å². The van der Waals surface area contributed by atoms with E-state index in [0.717, 1.165) is 70.9 Å². The predicted molar refractivity (Wildman–Crippen MR) is 127 cm³/mol. The van der Waals surface area contributed by atoms with Gasteiger partial charge < -0.3 is 23.8 Å². The van der Waals surface area contributed by atoms with Gasteiger partial charge in [-0.05, 0) is 61.2 Å². The predicted octanol–water partition coefficient (Wildman–Crippen LogP) is 5.16. The third kappa shape index (κ3) is 5.24. The average molecular weight is 431 g/mol. The maximum Gasteiger partial charge on any atom is 0.184 e. The van der Waals surface area contributed by atoms with Crippen LogP contribution in [-0.4, -0.2) is 66.8 Å². The van der Waals surface area contributed by atoms with Gasteiger partial charge in [0.15, 0.2) is 9.40 Å². The summed E-state index contributed by atoms with van der Waals surface area (Å²) in [6.07, 6.45) is 0. The van der Waals surface area contributed by atoms with Gasteiger partial charge in [-0.25, -0.2) is 0 Å². The van der Waals surface area contributed by atoms with E-state index in [0.29, 0.717) is 13.2 Å². The molecule has 2 aromatic carbocycles. The highest BCUT2D eigenvalue weighted by Gasteiger charge is 2.17. The van der Waals surface area contributed by atoms with E-state index >= 15 is 0 Å². The monoisotopic (exact) mass is 430 g/mol. The molecule has 0 fully saturated rings. The number of hydrogen-bond donors (Lipinski definition) is 0. The Kier molecular flexibility index (Phi) is 8.33. The Balaban J connectivity index is 1.75. The first kappa shape index (κ1) is 22.8. The van der Waals surface area contributed by atoms with E-state index in [2.05, 4.69) is 37.5 Å². The molecule has 0 saturated heterocycles. The van der Waals surface area contributed by atoms with Crippen LogP contribution in [-0.2, 0) is 0 Å². The third-order valence-corrected chi connectivity index (χ3v) is 7.23. The van der Waals surface area contributed by atoms with Crippen molar-refractivity contribution in [2.75, 3.05) is 52.5 Å². The Hall–Kier alpha value is -1.86. The Morgan fingerprint density at radius 1 is 0.700 bits per heavy atom. The van der Waals surface area contributed by atoms with Crippen LogP contribution in [0.1, 0.15) is 27.7 Å². The van der Waals surface area contributed by atoms with Gasteiger partial charge in [-0.3, -0.25) is 0 Å². The molecule has 0 amide bonds. The standard InChI is InChI=1S/C24H34N2O3S/c1-5-25(6-2)13-15-28-19-10-12-23-22(17-19)21-11-9-20(18-24(21)30(23)27)29-16-14-26(7-3)8-4/h9-12,17-18H,5-8,13-16H2,1-4H3. The summed E-state index contributed by atoms with van der Waals surface area (Å²) in [5.74, 6) is 1.60. The molecule has 1 aromatic heterocycles. The molecule has 0 aliphatic carbocycles. The number of rotatable bonds is 12. The van der Waals surface area contributed by atoms with Crippen LogP contribution in [0.2, 0.25) is 0 Å². The minimum absolute atomic E-state index is 0.630. The van der Waals surface area contributed by atoms with Gasteiger partial charge in [-0.15, -0.1) is 0 Å². The first-order chi connectivity index (χ1) is 14.6. The quantitative estimate of drug-likeness (QED) is 0.371. The van der Waals surface area contributed by atoms with Gasteiger partial charge in [0, 0.05) is 30.6 Å². The van der Waals surface area contributed by atoms with Crippen LogP contribution in [0.5, 0.6) is 11.5 Å². The zero-order valence-electron chi connectivity index (χ0n) is 18.6. The fourth-order valence-electron chi connectivity index (χ4n) is 3.72. The fraction of sp³-hybridized carbons (Fsp3) is 0.500. The van der Waals surface area contributed by atoms with E-state index in [4.69, 9.17) is 9.47 Å². The molecule has 0 radical (unpaired) electrons. The van der Waals surface area contributed by atoms with Crippen molar-refractivity contribution in [1.29, 1.82) is 0 Å². The third-order valence-electron chi connectivity index (χ3n) is 5.74. The van der Waals surface area contributed by atoms with Gasteiger partial charge in [-0.2, -0.15) is 0 Å². The second-order valence-corrected chi connectivity index (χ2v) is 8.75. The minimum Gasteiger partial charge on any atom is -0.590 e. The van der Waals surface area contributed by atoms with Crippen LogP contribution >= 0.6 is 10.8 Å². The number of nitrogens with zero attached hydrogens (tertiary/aromatic N) is 2. The van der Waals surface area contributed by atoms with Crippen molar-refractivity contribution in [2.45, 2.75) is 27.7 Å². The maximum absolute atomic E-state index is 13.0. The van der Waals surface area contributed by atoms with Gasteiger partial charge in [-0.1, -0.05) is 27.7 Å². The van der Waals surface area contributed by atoms with Gasteiger partial charge in [0.25, 0.3) is 0 Å². The van der Waals surface area contributed by atoms with Crippen molar-refractivity contribution in [3.8, 4) is 11.5 Å². The summed E-state index contributed by atoms with van der Waals surface area (Å²) in [4.78, 5) is 4.66. The lowest BCUT2D eigenvalue weighted by Crippen LogP contribution is -2.27. The lowest BCUT2D eigenvalue weighted by atomic mass is 10.1. The molecule has 30 heavy (non-hydrogen) atoms. The van der Waals surface area contributed by atoms with Crippen LogP contribution in [0.25, 0.3) is 20.2 Å². The highest BCUT2D eigenvalue weighted by Crippen LogP contribution is 2.43. The summed E-state index contributed by atoms with van der Waals surface area (Å²) in [5.41, 5.74) is 0. The van der Waals surface area contributed by atoms with Gasteiger partial charge in [0.1, 0.15) is 24.7 Å². The maximum atomic E-state index is 13.0. The number of ether oxygens (including phenoxy) is 2. The Bertz CT molecular complexity index is 948. The number of likely N-dealkylation sites (N-methyl/N-ethyl adjacent to an activating group) is 2. The first-order valence-corrected chi connectivity index (χ1v) is 12.2. The van der Waals surface area contributed by atoms with Crippen molar-refractivity contribution in [3.05, 3.63) is 36.4 Å². The molecule has 164 valence electrons. The highest BCUT2D eigenvalue weighted by molar-refractivity contribution is 7.37. The van der Waals surface area contributed by atoms with Crippen molar-refractivity contribution >= 4 is 30.9 Å². The molecule has 3 aromatic rings. The van der Waals surface area contributed by atoms with Gasteiger partial charge in [0.05, 0.1) is 5.39 Å². The number of benzene rings is 2. The first-order valence-electron chi connectivity index (χ1n) is 11.0. The molecular formula is C24H34N2O3S. The van der Waals surface area contributed by atoms with E-state index in [1.165, 1.54) is 0 Å². The van der Waals surface area contributed by atoms with Gasteiger partial charge >= 0.3 is 0 Å². The van der Waals surface area contributed by atoms with E-state index in [1.54, 1.807) is 0 Å². The molecule has 1 atom stereocenters. The normalized spacial score (nSPS) is 12.4. The van der Waals surface area contributed by atoms with E-state index in [9.17, 15) is 4.55 Å². The highest BCUT2D eigenvalue weighted by atomic mass is 32.2. The van der Waals surface area contributed by atoms with E-state index in [-0.39, 0.29) is 0 Å². The second-order valence-electron chi connectivity index (χ2n) is 7.34. The molecule has 1 unspecified atom stereocenters. The van der Waals surface area contributed by atoms with E-state index < -0.39 is 10.8 Å². The van der Waals surface area contributed by atoms with Crippen LogP contribution in [0.15, 0.2) is 36.4 Å². The van der Waals surface area contributed by atoms with E-state index in [1.807, 2.05) is 36.4 Å². The van der Waals surface area contributed by atoms with Crippen LogP contribution in [0.3, 0.4) is 0 Å². The molecule has 0 aliphatic rings. The molecule has 0 saturated carbocycles. The summed E-state index contributed by atoms with van der Waals surface area (Å²) in [5, 5.41) is 2.01. The fourth-order valence-corrected chi connectivity index (χ4v) is 5.12. The molecule has 6 heteroatoms. The Morgan fingerprint density at radius 3 is 1.80 bits per heavy atom. The Morgan fingerprint density at radius 2 is 1.23 bits per heavy atom. The largest absolute Gasteiger partial charge is 0.590 e. The topological polar surface area (TPSA) is 48.0 Å². The number of thiophene rings is 1. The SMILES string of the molecule is CCN(CC)CCOc1ccc2c(c1)c1ccc(OCCN(CC)CC)cc1[s+]2[O-]. The lowest BCUT2D eigenvalue weighted by Gasteiger charge is -2.18. The smallest absolute Gasteiger partial charge is 0.184 e. The second kappa shape index (κ2) is 11.0. The minimum atomic E-state index is -1.18. The van der Waals surface area contributed by atoms with Crippen molar-refractivity contribution in [3.63, 3.8) is 0 Å². The van der Waals surface area contributed by atoms with Crippen LogP contribution in [0.4, 0.5) is 0 Å². The van der Waals surface area contributed by atoms with Crippen molar-refractivity contribution in [2.24, 2.45) is 0 Å². The molecule has 0 bridgehead atoms. The number of hydrogen-bond acceptors (Lipinski definition) is 5. The molecule has 0 aliphatic heterocycles. The molecule has 3 rings (SSSR count). The molecule has 5 nitrogen and oxygen atoms in total. The van der Waals surface area contributed by atoms with Crippen LogP contribution in [0, 0.1) is 0 Å². The summed E-state index contributed by atoms with van der Waals surface area (Å²) in [6.45, 7) is 15.8. The molecule has 0 spiro atoms. The lowest BCUT2D eigenvalue weighted by molar-refractivity contribution is 0.223. The zero-order valence-corrected chi connectivity index (χ0v) is 19.5. The summed E-state index contributed by atoms with van der Waals surface area (Å²) < 4.78 is 26.6. The molecular weight excluding hydrogens is 396 g/mol. The Labute approximate surface area is 183 Å². The van der Waals surface area contributed by atoms with Crippen LogP contribution < -0.4 is 9.47 Å². The summed E-state index contributed by atoms with van der Waals surface area (Å²) in [6, 6.07) is 11.8. The van der Waals surface area contributed by atoms with Crippen molar-refractivity contribution in [1.82, 2.24) is 9.80 Å². The van der Waals surface area contributed by atoms with Gasteiger partial charge in [0.2, 0.25) is 0 Å². The summed E-state index contributed by atoms with van der Waals surface area (Å²) in [7, 11) is -1.18. The zero-order chi connectivity index (χ0) is 21.5. The summed E-state index contributed by atoms with van der Waals surface area (Å²) >= 11 is 0. The number of fused-ring (bicyclic) bond motifs is 3. The molecule has 1 heterocycles. The average Bonchev–Trinajstić information content (AvgIpc) is 3.05.